The van der Waals surface area contributed by atoms with Gasteiger partial charge in [-0.2, -0.15) is 5.10 Å². The highest BCUT2D eigenvalue weighted by molar-refractivity contribution is 5.97. The fourth-order valence-corrected chi connectivity index (χ4v) is 4.52. The van der Waals surface area contributed by atoms with Crippen LogP contribution >= 0.6 is 0 Å². The number of piperidine rings is 1. The second-order valence-electron chi connectivity index (χ2n) is 8.21. The number of amides is 2. The number of fused-ring (bicyclic) bond motifs is 1. The summed E-state index contributed by atoms with van der Waals surface area (Å²) in [5.41, 5.74) is 2.27. The van der Waals surface area contributed by atoms with Crippen LogP contribution in [-0.2, 0) is 11.8 Å². The lowest BCUT2D eigenvalue weighted by molar-refractivity contribution is -0.126. The molecule has 2 aromatic rings. The van der Waals surface area contributed by atoms with Crippen LogP contribution in [0.2, 0.25) is 0 Å². The summed E-state index contributed by atoms with van der Waals surface area (Å²) in [6.45, 7) is 3.26. The zero-order chi connectivity index (χ0) is 19.7. The first kappa shape index (κ1) is 18.9. The van der Waals surface area contributed by atoms with E-state index in [0.717, 1.165) is 42.4 Å². The van der Waals surface area contributed by atoms with Gasteiger partial charge in [-0.05, 0) is 38.7 Å². The lowest BCUT2D eigenvalue weighted by Crippen LogP contribution is -2.48. The van der Waals surface area contributed by atoms with Gasteiger partial charge in [0.25, 0.3) is 5.91 Å². The van der Waals surface area contributed by atoms with Crippen molar-refractivity contribution >= 4 is 22.8 Å². The molecule has 0 aromatic carbocycles. The number of nitrogens with one attached hydrogen (secondary N) is 1. The van der Waals surface area contributed by atoms with Gasteiger partial charge in [-0.3, -0.25) is 14.3 Å². The normalized spacial score (nSPS) is 19.1. The molecule has 1 N–H and O–H groups in total. The van der Waals surface area contributed by atoms with Crippen LogP contribution in [0.25, 0.3) is 11.0 Å². The molecule has 7 nitrogen and oxygen atoms in total. The zero-order valence-corrected chi connectivity index (χ0v) is 16.8. The zero-order valence-electron chi connectivity index (χ0n) is 16.8. The summed E-state index contributed by atoms with van der Waals surface area (Å²) in [5.74, 6) is 0.412. The largest absolute Gasteiger partial charge is 0.353 e. The Hall–Kier alpha value is -2.44. The summed E-state index contributed by atoms with van der Waals surface area (Å²) in [6, 6.07) is 2.07. The van der Waals surface area contributed by atoms with E-state index in [9.17, 15) is 9.59 Å². The molecule has 2 fully saturated rings. The fraction of sp³-hybridized carbons (Fsp3) is 0.619. The summed E-state index contributed by atoms with van der Waals surface area (Å²) in [5, 5.41) is 8.51. The number of nitrogens with zero attached hydrogens (tertiary/aromatic N) is 4. The molecular weight excluding hydrogens is 354 g/mol. The number of carbonyl (C=O) groups is 2. The number of carbonyl (C=O) groups excluding carboxylic acids is 2. The molecule has 1 aliphatic carbocycles. The smallest absolute Gasteiger partial charge is 0.255 e. The van der Waals surface area contributed by atoms with E-state index in [0.29, 0.717) is 18.7 Å². The monoisotopic (exact) mass is 383 g/mol. The van der Waals surface area contributed by atoms with Crippen molar-refractivity contribution in [3.05, 3.63) is 23.5 Å². The van der Waals surface area contributed by atoms with Crippen LogP contribution in [0.3, 0.4) is 0 Å². The minimum absolute atomic E-state index is 0.00899. The summed E-state index contributed by atoms with van der Waals surface area (Å²) in [4.78, 5) is 31.7. The molecule has 0 radical (unpaired) electrons. The number of aryl methyl sites for hydroxylation is 2. The third-order valence-electron chi connectivity index (χ3n) is 6.21. The number of rotatable bonds is 3. The van der Waals surface area contributed by atoms with Crippen molar-refractivity contribution in [2.45, 2.75) is 57.9 Å². The highest BCUT2D eigenvalue weighted by atomic mass is 16.2. The van der Waals surface area contributed by atoms with Crippen molar-refractivity contribution < 1.29 is 9.59 Å². The number of hydrogen-bond donors (Lipinski definition) is 1. The molecule has 7 heteroatoms. The molecule has 2 aromatic heterocycles. The van der Waals surface area contributed by atoms with Gasteiger partial charge >= 0.3 is 0 Å². The average Bonchev–Trinajstić information content (AvgIpc) is 3.02. The van der Waals surface area contributed by atoms with Crippen LogP contribution in [0.5, 0.6) is 0 Å². The number of hydrogen-bond acceptors (Lipinski definition) is 4. The predicted octanol–water partition coefficient (Wildman–Crippen LogP) is 2.58. The first-order chi connectivity index (χ1) is 13.5. The van der Waals surface area contributed by atoms with Gasteiger partial charge in [0.15, 0.2) is 5.65 Å². The van der Waals surface area contributed by atoms with Gasteiger partial charge in [-0.1, -0.05) is 19.3 Å². The van der Waals surface area contributed by atoms with Gasteiger partial charge in [0.1, 0.15) is 0 Å². The first-order valence-electron chi connectivity index (χ1n) is 10.4. The van der Waals surface area contributed by atoms with Gasteiger partial charge in [-0.15, -0.1) is 0 Å². The summed E-state index contributed by atoms with van der Waals surface area (Å²) in [7, 11) is 1.86. The van der Waals surface area contributed by atoms with Crippen LogP contribution < -0.4 is 5.32 Å². The fourth-order valence-electron chi connectivity index (χ4n) is 4.52. The predicted molar refractivity (Wildman–Crippen MR) is 107 cm³/mol. The number of likely N-dealkylation sites (tertiary alicyclic amines) is 1. The third-order valence-corrected chi connectivity index (χ3v) is 6.21. The lowest BCUT2D eigenvalue weighted by atomic mass is 9.88. The molecule has 1 aliphatic heterocycles. The topological polar surface area (TPSA) is 80.1 Å². The Morgan fingerprint density at radius 1 is 1.11 bits per heavy atom. The van der Waals surface area contributed by atoms with E-state index in [2.05, 4.69) is 15.4 Å². The maximum Gasteiger partial charge on any atom is 0.255 e. The van der Waals surface area contributed by atoms with E-state index in [1.54, 1.807) is 10.9 Å². The van der Waals surface area contributed by atoms with Crippen molar-refractivity contribution in [3.63, 3.8) is 0 Å². The molecule has 28 heavy (non-hydrogen) atoms. The van der Waals surface area contributed by atoms with E-state index >= 15 is 0 Å². The first-order valence-corrected chi connectivity index (χ1v) is 10.4. The highest BCUT2D eigenvalue weighted by Gasteiger charge is 2.28. The van der Waals surface area contributed by atoms with E-state index in [-0.39, 0.29) is 23.8 Å². The van der Waals surface area contributed by atoms with Crippen LogP contribution in [0.4, 0.5) is 0 Å². The molecular formula is C21H29N5O2. The number of pyridine rings is 1. The molecule has 1 saturated carbocycles. The molecule has 1 saturated heterocycles. The Morgan fingerprint density at radius 2 is 1.82 bits per heavy atom. The molecule has 0 unspecified atom stereocenters. The van der Waals surface area contributed by atoms with Crippen molar-refractivity contribution in [2.75, 3.05) is 13.1 Å². The Kier molecular flexibility index (Phi) is 5.33. The van der Waals surface area contributed by atoms with Crippen molar-refractivity contribution in [1.82, 2.24) is 25.0 Å². The van der Waals surface area contributed by atoms with Crippen LogP contribution in [-0.4, -0.2) is 50.6 Å². The van der Waals surface area contributed by atoms with Gasteiger partial charge in [0.05, 0.1) is 11.3 Å². The second-order valence-corrected chi connectivity index (χ2v) is 8.21. The Bertz CT molecular complexity index is 876. The molecule has 2 amide bonds. The summed E-state index contributed by atoms with van der Waals surface area (Å²) in [6.07, 6.45) is 8.89. The van der Waals surface area contributed by atoms with E-state index < -0.39 is 0 Å². The van der Waals surface area contributed by atoms with Crippen molar-refractivity contribution in [2.24, 2.45) is 13.0 Å². The SMILES string of the molecule is Cc1nn(C)c2ncc(C(=O)N3CCC(NC(=O)C4CCCCC4)CC3)cc12. The maximum atomic E-state index is 12.9. The maximum absolute atomic E-state index is 12.9. The molecule has 4 rings (SSSR count). The Labute approximate surface area is 165 Å². The highest BCUT2D eigenvalue weighted by Crippen LogP contribution is 2.24. The minimum Gasteiger partial charge on any atom is -0.353 e. The standard InChI is InChI=1S/C21H29N5O2/c1-14-18-12-16(13-22-19(18)25(2)24-14)21(28)26-10-8-17(9-11-26)23-20(27)15-6-4-3-5-7-15/h12-13,15,17H,3-11H2,1-2H3,(H,23,27). The van der Waals surface area contributed by atoms with Gasteiger partial charge in [-0.25, -0.2) is 4.98 Å². The van der Waals surface area contributed by atoms with Crippen molar-refractivity contribution in [3.8, 4) is 0 Å². The molecule has 3 heterocycles. The van der Waals surface area contributed by atoms with Crippen LogP contribution in [0.15, 0.2) is 12.3 Å². The Morgan fingerprint density at radius 3 is 2.54 bits per heavy atom. The molecule has 0 bridgehead atoms. The molecule has 2 aliphatic rings. The van der Waals surface area contributed by atoms with Gasteiger partial charge < -0.3 is 10.2 Å². The third kappa shape index (κ3) is 3.75. The molecule has 0 atom stereocenters. The summed E-state index contributed by atoms with van der Waals surface area (Å²) < 4.78 is 1.74. The second kappa shape index (κ2) is 7.89. The molecule has 150 valence electrons. The van der Waals surface area contributed by atoms with Crippen LogP contribution in [0, 0.1) is 12.8 Å². The quantitative estimate of drug-likeness (QED) is 0.883. The Balaban J connectivity index is 1.35. The van der Waals surface area contributed by atoms with Crippen molar-refractivity contribution in [1.29, 1.82) is 0 Å². The summed E-state index contributed by atoms with van der Waals surface area (Å²) >= 11 is 0. The lowest BCUT2D eigenvalue weighted by Gasteiger charge is -2.33. The van der Waals surface area contributed by atoms with Gasteiger partial charge in [0, 0.05) is 43.7 Å². The van der Waals surface area contributed by atoms with E-state index in [4.69, 9.17) is 0 Å². The van der Waals surface area contributed by atoms with Crippen LogP contribution in [0.1, 0.15) is 61.0 Å². The molecule has 0 spiro atoms. The number of aromatic nitrogens is 3. The minimum atomic E-state index is 0.00899. The average molecular weight is 383 g/mol. The van der Waals surface area contributed by atoms with E-state index in [1.165, 1.54) is 19.3 Å². The van der Waals surface area contributed by atoms with E-state index in [1.807, 2.05) is 24.9 Å². The van der Waals surface area contributed by atoms with Gasteiger partial charge in [0.2, 0.25) is 5.91 Å².